The van der Waals surface area contributed by atoms with Crippen LogP contribution in [0.4, 0.5) is 11.8 Å². The summed E-state index contributed by atoms with van der Waals surface area (Å²) < 4.78 is 2.17. The summed E-state index contributed by atoms with van der Waals surface area (Å²) in [5.41, 5.74) is 1.02. The molecule has 1 fully saturated rings. The maximum absolute atomic E-state index is 4.71. The van der Waals surface area contributed by atoms with Gasteiger partial charge in [-0.1, -0.05) is 0 Å². The fraction of sp³-hybridized carbons (Fsp3) is 0.562. The molecule has 3 heterocycles. The van der Waals surface area contributed by atoms with Crippen molar-refractivity contribution in [2.75, 3.05) is 37.0 Å². The van der Waals surface area contributed by atoms with Crippen molar-refractivity contribution in [1.82, 2.24) is 19.5 Å². The van der Waals surface area contributed by atoms with E-state index >= 15 is 0 Å². The lowest BCUT2D eigenvalue weighted by Crippen LogP contribution is -2.37. The Labute approximate surface area is 131 Å². The third kappa shape index (κ3) is 3.37. The minimum absolute atomic E-state index is 0.640. The number of aryl methyl sites for hydroxylation is 1. The lowest BCUT2D eigenvalue weighted by molar-refractivity contribution is 0.365. The summed E-state index contributed by atoms with van der Waals surface area (Å²) in [4.78, 5) is 17.7. The second-order valence-corrected chi connectivity index (χ2v) is 6.28. The van der Waals surface area contributed by atoms with Crippen molar-refractivity contribution in [3.63, 3.8) is 0 Å². The molecule has 1 saturated heterocycles. The molecule has 0 amide bonds. The number of anilines is 2. The van der Waals surface area contributed by atoms with Crippen LogP contribution in [-0.2, 0) is 6.54 Å². The second-order valence-electron chi connectivity index (χ2n) is 6.28. The van der Waals surface area contributed by atoms with E-state index in [0.29, 0.717) is 5.92 Å². The molecule has 0 aromatic carbocycles. The first-order valence-electron chi connectivity index (χ1n) is 7.85. The fourth-order valence-electron chi connectivity index (χ4n) is 3.01. The Kier molecular flexibility index (Phi) is 4.27. The Balaban J connectivity index is 1.74. The zero-order valence-corrected chi connectivity index (χ0v) is 13.6. The van der Waals surface area contributed by atoms with E-state index in [9.17, 15) is 0 Å². The van der Waals surface area contributed by atoms with Crippen molar-refractivity contribution in [3.05, 3.63) is 30.5 Å². The van der Waals surface area contributed by atoms with E-state index < -0.39 is 0 Å². The highest BCUT2D eigenvalue weighted by atomic mass is 15.3. The van der Waals surface area contributed by atoms with Gasteiger partial charge in [-0.05, 0) is 25.7 Å². The van der Waals surface area contributed by atoms with E-state index in [1.165, 1.54) is 12.8 Å². The van der Waals surface area contributed by atoms with Crippen molar-refractivity contribution in [1.29, 1.82) is 0 Å². The second kappa shape index (κ2) is 6.34. The third-order valence-electron chi connectivity index (χ3n) is 4.10. The molecule has 1 atom stereocenters. The first kappa shape index (κ1) is 14.8. The van der Waals surface area contributed by atoms with Crippen LogP contribution < -0.4 is 9.80 Å². The number of rotatable bonds is 4. The highest BCUT2D eigenvalue weighted by molar-refractivity contribution is 5.45. The van der Waals surface area contributed by atoms with Crippen molar-refractivity contribution in [2.24, 2.45) is 5.92 Å². The van der Waals surface area contributed by atoms with E-state index in [0.717, 1.165) is 37.1 Å². The SMILES string of the molecule is Cc1cc(N2CCC[C@H](Cn3ccnc3)C2)nc(N(C)C)n1. The molecule has 3 rings (SSSR count). The molecular weight excluding hydrogens is 276 g/mol. The van der Waals surface area contributed by atoms with Crippen LogP contribution in [0.2, 0.25) is 0 Å². The summed E-state index contributed by atoms with van der Waals surface area (Å²) in [6.07, 6.45) is 8.26. The van der Waals surface area contributed by atoms with Gasteiger partial charge in [-0.15, -0.1) is 0 Å². The van der Waals surface area contributed by atoms with Gasteiger partial charge < -0.3 is 14.4 Å². The number of piperidine rings is 1. The van der Waals surface area contributed by atoms with E-state index in [-0.39, 0.29) is 0 Å². The summed E-state index contributed by atoms with van der Waals surface area (Å²) in [6, 6.07) is 2.09. The van der Waals surface area contributed by atoms with Crippen LogP contribution in [0.3, 0.4) is 0 Å². The van der Waals surface area contributed by atoms with Crippen LogP contribution in [0.25, 0.3) is 0 Å². The molecule has 0 N–H and O–H groups in total. The maximum Gasteiger partial charge on any atom is 0.226 e. The smallest absolute Gasteiger partial charge is 0.226 e. The number of imidazole rings is 1. The number of hydrogen-bond donors (Lipinski definition) is 0. The molecule has 0 unspecified atom stereocenters. The highest BCUT2D eigenvalue weighted by Gasteiger charge is 2.22. The van der Waals surface area contributed by atoms with Crippen molar-refractivity contribution < 1.29 is 0 Å². The van der Waals surface area contributed by atoms with Crippen LogP contribution in [0.1, 0.15) is 18.5 Å². The molecular formula is C16H24N6. The van der Waals surface area contributed by atoms with Crippen molar-refractivity contribution >= 4 is 11.8 Å². The Bertz CT molecular complexity index is 607. The van der Waals surface area contributed by atoms with Crippen molar-refractivity contribution in [3.8, 4) is 0 Å². The maximum atomic E-state index is 4.71. The summed E-state index contributed by atoms with van der Waals surface area (Å²) in [5.74, 6) is 2.47. The van der Waals surface area contributed by atoms with E-state index in [1.54, 1.807) is 0 Å². The first-order chi connectivity index (χ1) is 10.6. The number of aromatic nitrogens is 4. The van der Waals surface area contributed by atoms with Gasteiger partial charge in [0.2, 0.25) is 5.95 Å². The Morgan fingerprint density at radius 2 is 2.18 bits per heavy atom. The standard InChI is InChI=1S/C16H24N6/c1-13-9-15(19-16(18-13)20(2)3)22-7-4-5-14(11-22)10-21-8-6-17-12-21/h6,8-9,12,14H,4-5,7,10-11H2,1-3H3/t14-/m1/s1. The zero-order chi connectivity index (χ0) is 15.5. The Morgan fingerprint density at radius 3 is 2.91 bits per heavy atom. The molecule has 2 aromatic heterocycles. The van der Waals surface area contributed by atoms with Gasteiger partial charge in [0.25, 0.3) is 0 Å². The summed E-state index contributed by atoms with van der Waals surface area (Å²) in [7, 11) is 3.97. The molecule has 1 aliphatic rings. The normalized spacial score (nSPS) is 18.5. The highest BCUT2D eigenvalue weighted by Crippen LogP contribution is 2.24. The minimum Gasteiger partial charge on any atom is -0.356 e. The number of hydrogen-bond acceptors (Lipinski definition) is 5. The predicted molar refractivity (Wildman–Crippen MR) is 88.3 cm³/mol. The molecule has 6 nitrogen and oxygen atoms in total. The molecule has 6 heteroatoms. The predicted octanol–water partition coefficient (Wildman–Crippen LogP) is 1.96. The largest absolute Gasteiger partial charge is 0.356 e. The zero-order valence-electron chi connectivity index (χ0n) is 13.6. The average molecular weight is 300 g/mol. The summed E-state index contributed by atoms with van der Waals surface area (Å²) in [6.45, 7) is 5.18. The van der Waals surface area contributed by atoms with Crippen LogP contribution in [0.15, 0.2) is 24.8 Å². The monoisotopic (exact) mass is 300 g/mol. The van der Waals surface area contributed by atoms with Gasteiger partial charge in [-0.2, -0.15) is 4.98 Å². The molecule has 0 saturated carbocycles. The lowest BCUT2D eigenvalue weighted by atomic mass is 9.98. The van der Waals surface area contributed by atoms with E-state index in [4.69, 9.17) is 4.98 Å². The molecule has 0 spiro atoms. The van der Waals surface area contributed by atoms with Gasteiger partial charge in [-0.25, -0.2) is 9.97 Å². The van der Waals surface area contributed by atoms with Gasteiger partial charge in [0.15, 0.2) is 0 Å². The van der Waals surface area contributed by atoms with Crippen LogP contribution in [0, 0.1) is 12.8 Å². The molecule has 0 radical (unpaired) electrons. The van der Waals surface area contributed by atoms with E-state index in [2.05, 4.69) is 25.5 Å². The van der Waals surface area contributed by atoms with Gasteiger partial charge in [0.05, 0.1) is 6.33 Å². The molecule has 0 bridgehead atoms. The molecule has 22 heavy (non-hydrogen) atoms. The molecule has 2 aromatic rings. The Hall–Kier alpha value is -2.11. The molecule has 118 valence electrons. The first-order valence-corrected chi connectivity index (χ1v) is 7.85. The summed E-state index contributed by atoms with van der Waals surface area (Å²) in [5, 5.41) is 0. The van der Waals surface area contributed by atoms with Crippen molar-refractivity contribution in [2.45, 2.75) is 26.3 Å². The lowest BCUT2D eigenvalue weighted by Gasteiger charge is -2.34. The summed E-state index contributed by atoms with van der Waals surface area (Å²) >= 11 is 0. The topological polar surface area (TPSA) is 50.1 Å². The molecule has 0 aliphatic carbocycles. The van der Waals surface area contributed by atoms with Crippen LogP contribution in [0.5, 0.6) is 0 Å². The van der Waals surface area contributed by atoms with E-state index in [1.807, 2.05) is 44.6 Å². The number of nitrogens with zero attached hydrogens (tertiary/aromatic N) is 6. The van der Waals surface area contributed by atoms with Gasteiger partial charge >= 0.3 is 0 Å². The van der Waals surface area contributed by atoms with Crippen LogP contribution >= 0.6 is 0 Å². The fourth-order valence-corrected chi connectivity index (χ4v) is 3.01. The minimum atomic E-state index is 0.640. The van der Waals surface area contributed by atoms with Gasteiger partial charge in [0, 0.05) is 57.9 Å². The quantitative estimate of drug-likeness (QED) is 0.864. The molecule has 1 aliphatic heterocycles. The van der Waals surface area contributed by atoms with Gasteiger partial charge in [0.1, 0.15) is 5.82 Å². The van der Waals surface area contributed by atoms with Gasteiger partial charge in [-0.3, -0.25) is 0 Å². The average Bonchev–Trinajstić information content (AvgIpc) is 3.00. The van der Waals surface area contributed by atoms with Crippen LogP contribution in [-0.4, -0.2) is 46.7 Å². The Morgan fingerprint density at radius 1 is 1.32 bits per heavy atom. The third-order valence-corrected chi connectivity index (χ3v) is 4.10.